The zero-order valence-corrected chi connectivity index (χ0v) is 11.7. The SMILES string of the molecule is CC(C)NC(=O)CN(C)c1ccc(CO)cc1Cl. The summed E-state index contributed by atoms with van der Waals surface area (Å²) < 4.78 is 0. The molecule has 1 amide bonds. The average Bonchev–Trinajstić information content (AvgIpc) is 2.27. The van der Waals surface area contributed by atoms with Crippen molar-refractivity contribution in [2.45, 2.75) is 26.5 Å². The van der Waals surface area contributed by atoms with E-state index >= 15 is 0 Å². The number of carbonyl (C=O) groups is 1. The Labute approximate surface area is 113 Å². The molecule has 0 fully saturated rings. The van der Waals surface area contributed by atoms with E-state index in [9.17, 15) is 4.79 Å². The van der Waals surface area contributed by atoms with Crippen LogP contribution in [0.3, 0.4) is 0 Å². The monoisotopic (exact) mass is 270 g/mol. The summed E-state index contributed by atoms with van der Waals surface area (Å²) >= 11 is 6.11. The first-order chi connectivity index (χ1) is 8.43. The van der Waals surface area contributed by atoms with E-state index in [4.69, 9.17) is 16.7 Å². The van der Waals surface area contributed by atoms with Crippen molar-refractivity contribution in [3.63, 3.8) is 0 Å². The summed E-state index contributed by atoms with van der Waals surface area (Å²) in [5.74, 6) is -0.0465. The van der Waals surface area contributed by atoms with Crippen LogP contribution in [0.15, 0.2) is 18.2 Å². The number of anilines is 1. The Bertz CT molecular complexity index is 421. The first-order valence-electron chi connectivity index (χ1n) is 5.83. The molecule has 0 saturated heterocycles. The molecule has 5 heteroatoms. The lowest BCUT2D eigenvalue weighted by Crippen LogP contribution is -2.38. The van der Waals surface area contributed by atoms with Crippen LogP contribution in [0, 0.1) is 0 Å². The van der Waals surface area contributed by atoms with Crippen molar-refractivity contribution >= 4 is 23.2 Å². The molecule has 0 atom stereocenters. The number of amides is 1. The predicted molar refractivity (Wildman–Crippen MR) is 73.9 cm³/mol. The zero-order chi connectivity index (χ0) is 13.7. The van der Waals surface area contributed by atoms with E-state index in [2.05, 4.69) is 5.32 Å². The Balaban J connectivity index is 2.72. The summed E-state index contributed by atoms with van der Waals surface area (Å²) in [6.45, 7) is 4.04. The molecule has 0 spiro atoms. The van der Waals surface area contributed by atoms with Gasteiger partial charge < -0.3 is 15.3 Å². The second-order valence-corrected chi connectivity index (χ2v) is 4.93. The number of aliphatic hydroxyl groups is 1. The van der Waals surface area contributed by atoms with E-state index in [0.29, 0.717) is 5.02 Å². The van der Waals surface area contributed by atoms with Gasteiger partial charge in [-0.2, -0.15) is 0 Å². The lowest BCUT2D eigenvalue weighted by molar-refractivity contribution is -0.120. The van der Waals surface area contributed by atoms with Crippen molar-refractivity contribution < 1.29 is 9.90 Å². The molecule has 18 heavy (non-hydrogen) atoms. The third-order valence-electron chi connectivity index (χ3n) is 2.44. The highest BCUT2D eigenvalue weighted by molar-refractivity contribution is 6.33. The summed E-state index contributed by atoms with van der Waals surface area (Å²) in [5, 5.41) is 12.4. The maximum absolute atomic E-state index is 11.6. The van der Waals surface area contributed by atoms with E-state index in [1.54, 1.807) is 30.1 Å². The lowest BCUT2D eigenvalue weighted by Gasteiger charge is -2.21. The van der Waals surface area contributed by atoms with Gasteiger partial charge in [-0.15, -0.1) is 0 Å². The van der Waals surface area contributed by atoms with E-state index in [-0.39, 0.29) is 25.1 Å². The summed E-state index contributed by atoms with van der Waals surface area (Å²) in [5.41, 5.74) is 1.52. The second-order valence-electron chi connectivity index (χ2n) is 4.52. The molecule has 1 aromatic rings. The van der Waals surface area contributed by atoms with Crippen LogP contribution in [-0.4, -0.2) is 30.6 Å². The van der Waals surface area contributed by atoms with E-state index < -0.39 is 0 Å². The highest BCUT2D eigenvalue weighted by Crippen LogP contribution is 2.25. The highest BCUT2D eigenvalue weighted by atomic mass is 35.5. The number of carbonyl (C=O) groups excluding carboxylic acids is 1. The Morgan fingerprint density at radius 3 is 2.67 bits per heavy atom. The minimum Gasteiger partial charge on any atom is -0.392 e. The number of hydrogen-bond donors (Lipinski definition) is 2. The van der Waals surface area contributed by atoms with Crippen LogP contribution in [-0.2, 0) is 11.4 Å². The molecule has 0 bridgehead atoms. The van der Waals surface area contributed by atoms with Crippen molar-refractivity contribution in [3.05, 3.63) is 28.8 Å². The van der Waals surface area contributed by atoms with Gasteiger partial charge in [0, 0.05) is 13.1 Å². The molecule has 0 saturated carbocycles. The van der Waals surface area contributed by atoms with Crippen LogP contribution in [0.2, 0.25) is 5.02 Å². The van der Waals surface area contributed by atoms with Crippen LogP contribution in [0.25, 0.3) is 0 Å². The van der Waals surface area contributed by atoms with Gasteiger partial charge in [-0.1, -0.05) is 17.7 Å². The summed E-state index contributed by atoms with van der Waals surface area (Å²) in [4.78, 5) is 13.4. The minimum atomic E-state index is -0.0465. The number of hydrogen-bond acceptors (Lipinski definition) is 3. The van der Waals surface area contributed by atoms with Crippen LogP contribution in [0.4, 0.5) is 5.69 Å². The van der Waals surface area contributed by atoms with Crippen molar-refractivity contribution in [2.24, 2.45) is 0 Å². The maximum Gasteiger partial charge on any atom is 0.239 e. The Hall–Kier alpha value is -1.26. The largest absolute Gasteiger partial charge is 0.392 e. The Morgan fingerprint density at radius 2 is 2.17 bits per heavy atom. The molecular weight excluding hydrogens is 252 g/mol. The minimum absolute atomic E-state index is 0.0441. The zero-order valence-electron chi connectivity index (χ0n) is 10.9. The molecule has 0 radical (unpaired) electrons. The Kier molecular flexibility index (Phi) is 5.44. The number of nitrogens with one attached hydrogen (secondary N) is 1. The number of rotatable bonds is 5. The highest BCUT2D eigenvalue weighted by Gasteiger charge is 2.11. The van der Waals surface area contributed by atoms with Crippen molar-refractivity contribution in [2.75, 3.05) is 18.5 Å². The molecule has 0 unspecified atom stereocenters. The molecule has 100 valence electrons. The Morgan fingerprint density at radius 1 is 1.50 bits per heavy atom. The average molecular weight is 271 g/mol. The number of benzene rings is 1. The molecule has 0 aliphatic heterocycles. The van der Waals surface area contributed by atoms with Gasteiger partial charge in [0.25, 0.3) is 0 Å². The topological polar surface area (TPSA) is 52.6 Å². The van der Waals surface area contributed by atoms with Gasteiger partial charge in [0.2, 0.25) is 5.91 Å². The van der Waals surface area contributed by atoms with Crippen LogP contribution >= 0.6 is 11.6 Å². The molecule has 0 heterocycles. The molecule has 1 aromatic carbocycles. The quantitative estimate of drug-likeness (QED) is 0.858. The molecule has 0 aromatic heterocycles. The van der Waals surface area contributed by atoms with Crippen LogP contribution < -0.4 is 10.2 Å². The van der Waals surface area contributed by atoms with Gasteiger partial charge in [-0.05, 0) is 31.5 Å². The van der Waals surface area contributed by atoms with Crippen LogP contribution in [0.1, 0.15) is 19.4 Å². The number of aliphatic hydroxyl groups excluding tert-OH is 1. The molecule has 2 N–H and O–H groups in total. The fraction of sp³-hybridized carbons (Fsp3) is 0.462. The van der Waals surface area contributed by atoms with Crippen molar-refractivity contribution in [1.82, 2.24) is 5.32 Å². The molecule has 1 rings (SSSR count). The summed E-state index contributed by atoms with van der Waals surface area (Å²) in [7, 11) is 1.81. The van der Waals surface area contributed by atoms with Crippen molar-refractivity contribution in [3.8, 4) is 0 Å². The van der Waals surface area contributed by atoms with Crippen molar-refractivity contribution in [1.29, 1.82) is 0 Å². The fourth-order valence-corrected chi connectivity index (χ4v) is 1.97. The van der Waals surface area contributed by atoms with Gasteiger partial charge in [-0.3, -0.25) is 4.79 Å². The van der Waals surface area contributed by atoms with E-state index in [1.807, 2.05) is 13.8 Å². The molecule has 0 aliphatic carbocycles. The number of halogens is 1. The summed E-state index contributed by atoms with van der Waals surface area (Å²) in [6.07, 6.45) is 0. The lowest BCUT2D eigenvalue weighted by atomic mass is 10.2. The smallest absolute Gasteiger partial charge is 0.239 e. The third kappa shape index (κ3) is 4.20. The standard InChI is InChI=1S/C13H19ClN2O2/c1-9(2)15-13(18)7-16(3)12-5-4-10(8-17)6-11(12)14/h4-6,9,17H,7-8H2,1-3H3,(H,15,18). The van der Waals surface area contributed by atoms with E-state index in [0.717, 1.165) is 11.3 Å². The number of likely N-dealkylation sites (N-methyl/N-ethyl adjacent to an activating group) is 1. The first kappa shape index (κ1) is 14.8. The molecular formula is C13H19ClN2O2. The van der Waals surface area contributed by atoms with E-state index in [1.165, 1.54) is 0 Å². The van der Waals surface area contributed by atoms with Gasteiger partial charge >= 0.3 is 0 Å². The first-order valence-corrected chi connectivity index (χ1v) is 6.21. The van der Waals surface area contributed by atoms with Gasteiger partial charge in [0.05, 0.1) is 23.9 Å². The molecule has 0 aliphatic rings. The van der Waals surface area contributed by atoms with Gasteiger partial charge in [0.15, 0.2) is 0 Å². The molecule has 4 nitrogen and oxygen atoms in total. The fourth-order valence-electron chi connectivity index (χ4n) is 1.63. The predicted octanol–water partition coefficient (Wildman–Crippen LogP) is 1.79. The third-order valence-corrected chi connectivity index (χ3v) is 2.74. The summed E-state index contributed by atoms with van der Waals surface area (Å²) in [6, 6.07) is 5.42. The normalized spacial score (nSPS) is 10.6. The van der Waals surface area contributed by atoms with Gasteiger partial charge in [-0.25, -0.2) is 0 Å². The van der Waals surface area contributed by atoms with Gasteiger partial charge in [0.1, 0.15) is 0 Å². The maximum atomic E-state index is 11.6. The second kappa shape index (κ2) is 6.61. The number of nitrogens with zero attached hydrogens (tertiary/aromatic N) is 1. The van der Waals surface area contributed by atoms with Crippen LogP contribution in [0.5, 0.6) is 0 Å².